The molecule has 4 rings (SSSR count). The maximum Gasteiger partial charge on any atom is 0.410 e. The molecule has 0 saturated carbocycles. The SMILES string of the molecule is CC(C)(C)OC(=O)N1CCC(Nc2ccc3c(n2)N(C(=O)Nc2ccccc2)CCO3)CC1. The fourth-order valence-corrected chi connectivity index (χ4v) is 3.83. The van der Waals surface area contributed by atoms with E-state index in [0.29, 0.717) is 43.6 Å². The van der Waals surface area contributed by atoms with Gasteiger partial charge in [0.1, 0.15) is 18.0 Å². The number of likely N-dealkylation sites (tertiary alicyclic amines) is 1. The molecule has 2 N–H and O–H groups in total. The second-order valence-corrected chi connectivity index (χ2v) is 9.20. The maximum absolute atomic E-state index is 12.9. The van der Waals surface area contributed by atoms with E-state index in [1.807, 2.05) is 63.2 Å². The Labute approximate surface area is 194 Å². The largest absolute Gasteiger partial charge is 0.488 e. The van der Waals surface area contributed by atoms with Crippen molar-refractivity contribution in [3.63, 3.8) is 0 Å². The molecule has 2 aliphatic heterocycles. The Kier molecular flexibility index (Phi) is 6.57. The number of para-hydroxylation sites is 1. The maximum atomic E-state index is 12.9. The summed E-state index contributed by atoms with van der Waals surface area (Å²) in [7, 11) is 0. The van der Waals surface area contributed by atoms with Gasteiger partial charge in [0, 0.05) is 24.8 Å². The molecule has 9 nitrogen and oxygen atoms in total. The molecule has 9 heteroatoms. The fourth-order valence-electron chi connectivity index (χ4n) is 3.83. The van der Waals surface area contributed by atoms with Gasteiger partial charge in [-0.25, -0.2) is 14.6 Å². The minimum atomic E-state index is -0.500. The van der Waals surface area contributed by atoms with Crippen molar-refractivity contribution < 1.29 is 19.1 Å². The molecule has 0 aliphatic carbocycles. The lowest BCUT2D eigenvalue weighted by atomic mass is 10.1. The zero-order chi connectivity index (χ0) is 23.4. The minimum Gasteiger partial charge on any atom is -0.488 e. The number of aromatic nitrogens is 1. The van der Waals surface area contributed by atoms with Crippen LogP contribution < -0.4 is 20.3 Å². The van der Waals surface area contributed by atoms with E-state index in [4.69, 9.17) is 9.47 Å². The number of nitrogens with one attached hydrogen (secondary N) is 2. The topological polar surface area (TPSA) is 96.0 Å². The zero-order valence-corrected chi connectivity index (χ0v) is 19.3. The van der Waals surface area contributed by atoms with Crippen LogP contribution in [0.15, 0.2) is 42.5 Å². The van der Waals surface area contributed by atoms with Crippen molar-refractivity contribution in [3.8, 4) is 5.75 Å². The second-order valence-electron chi connectivity index (χ2n) is 9.20. The first kappa shape index (κ1) is 22.7. The number of urea groups is 1. The summed E-state index contributed by atoms with van der Waals surface area (Å²) in [5, 5.41) is 6.35. The third-order valence-electron chi connectivity index (χ3n) is 5.44. The molecule has 0 bridgehead atoms. The van der Waals surface area contributed by atoms with E-state index in [-0.39, 0.29) is 18.2 Å². The Hall–Kier alpha value is -3.49. The Balaban J connectivity index is 1.38. The van der Waals surface area contributed by atoms with Crippen molar-refractivity contribution in [1.82, 2.24) is 9.88 Å². The minimum absolute atomic E-state index is 0.172. The molecule has 2 aromatic rings. The molecule has 33 heavy (non-hydrogen) atoms. The van der Waals surface area contributed by atoms with Crippen molar-refractivity contribution in [2.24, 2.45) is 0 Å². The molecule has 0 unspecified atom stereocenters. The van der Waals surface area contributed by atoms with Crippen LogP contribution in [0.5, 0.6) is 5.75 Å². The molecule has 2 aliphatic rings. The quantitative estimate of drug-likeness (QED) is 0.718. The molecule has 0 atom stereocenters. The monoisotopic (exact) mass is 453 g/mol. The lowest BCUT2D eigenvalue weighted by Crippen LogP contribution is -2.44. The van der Waals surface area contributed by atoms with Crippen LogP contribution in [0, 0.1) is 0 Å². The van der Waals surface area contributed by atoms with Crippen LogP contribution in [-0.4, -0.2) is 59.9 Å². The Morgan fingerprint density at radius 2 is 1.79 bits per heavy atom. The zero-order valence-electron chi connectivity index (χ0n) is 19.3. The van der Waals surface area contributed by atoms with Gasteiger partial charge in [-0.1, -0.05) is 18.2 Å². The smallest absolute Gasteiger partial charge is 0.410 e. The first-order chi connectivity index (χ1) is 15.8. The van der Waals surface area contributed by atoms with Crippen molar-refractivity contribution in [2.75, 3.05) is 41.8 Å². The Bertz CT molecular complexity index is 984. The molecule has 3 heterocycles. The van der Waals surface area contributed by atoms with Crippen LogP contribution in [0.2, 0.25) is 0 Å². The van der Waals surface area contributed by atoms with Crippen LogP contribution in [0.3, 0.4) is 0 Å². The molecule has 1 aromatic carbocycles. The predicted octanol–water partition coefficient (Wildman–Crippen LogP) is 4.32. The van der Waals surface area contributed by atoms with Gasteiger partial charge in [-0.2, -0.15) is 0 Å². The van der Waals surface area contributed by atoms with Crippen LogP contribution >= 0.6 is 0 Å². The number of piperidine rings is 1. The third kappa shape index (κ3) is 5.85. The van der Waals surface area contributed by atoms with Crippen molar-refractivity contribution in [2.45, 2.75) is 45.3 Å². The van der Waals surface area contributed by atoms with Crippen LogP contribution in [0.4, 0.5) is 26.9 Å². The van der Waals surface area contributed by atoms with Gasteiger partial charge < -0.3 is 25.0 Å². The Morgan fingerprint density at radius 3 is 2.48 bits per heavy atom. The number of fused-ring (bicyclic) bond motifs is 1. The van der Waals surface area contributed by atoms with Crippen molar-refractivity contribution in [1.29, 1.82) is 0 Å². The normalized spacial score (nSPS) is 16.5. The van der Waals surface area contributed by atoms with E-state index < -0.39 is 5.60 Å². The summed E-state index contributed by atoms with van der Waals surface area (Å²) in [6.07, 6.45) is 1.30. The number of rotatable bonds is 3. The number of ether oxygens (including phenoxy) is 2. The van der Waals surface area contributed by atoms with Gasteiger partial charge in [-0.3, -0.25) is 4.90 Å². The summed E-state index contributed by atoms with van der Waals surface area (Å²) >= 11 is 0. The highest BCUT2D eigenvalue weighted by Crippen LogP contribution is 2.32. The van der Waals surface area contributed by atoms with Gasteiger partial charge in [0.15, 0.2) is 11.6 Å². The lowest BCUT2D eigenvalue weighted by Gasteiger charge is -2.34. The lowest BCUT2D eigenvalue weighted by molar-refractivity contribution is 0.0210. The number of amides is 3. The van der Waals surface area contributed by atoms with E-state index in [0.717, 1.165) is 18.5 Å². The molecule has 176 valence electrons. The number of carbonyl (C=O) groups excluding carboxylic acids is 2. The van der Waals surface area contributed by atoms with Crippen molar-refractivity contribution in [3.05, 3.63) is 42.5 Å². The van der Waals surface area contributed by atoms with Gasteiger partial charge in [-0.05, 0) is 57.9 Å². The first-order valence-electron chi connectivity index (χ1n) is 11.3. The molecule has 1 aromatic heterocycles. The third-order valence-corrected chi connectivity index (χ3v) is 5.44. The van der Waals surface area contributed by atoms with Gasteiger partial charge in [0.25, 0.3) is 0 Å². The number of anilines is 3. The molecule has 3 amide bonds. The summed E-state index contributed by atoms with van der Waals surface area (Å²) in [4.78, 5) is 33.2. The number of nitrogens with zero attached hydrogens (tertiary/aromatic N) is 3. The van der Waals surface area contributed by atoms with Gasteiger partial charge in [0.2, 0.25) is 0 Å². The van der Waals surface area contributed by atoms with Crippen LogP contribution in [-0.2, 0) is 4.74 Å². The van der Waals surface area contributed by atoms with Gasteiger partial charge in [0.05, 0.1) is 6.54 Å². The van der Waals surface area contributed by atoms with Crippen molar-refractivity contribution >= 4 is 29.4 Å². The summed E-state index contributed by atoms with van der Waals surface area (Å²) in [6.45, 7) is 7.66. The summed E-state index contributed by atoms with van der Waals surface area (Å²) in [5.74, 6) is 1.74. The number of carbonyl (C=O) groups is 2. The molecular formula is C24H31N5O4. The first-order valence-corrected chi connectivity index (χ1v) is 11.3. The average molecular weight is 454 g/mol. The summed E-state index contributed by atoms with van der Waals surface area (Å²) in [5.41, 5.74) is 0.224. The molecule has 1 saturated heterocycles. The van der Waals surface area contributed by atoms with E-state index in [9.17, 15) is 9.59 Å². The average Bonchev–Trinajstić information content (AvgIpc) is 2.78. The fraction of sp³-hybridized carbons (Fsp3) is 0.458. The standard InChI is InChI=1S/C24H31N5O4/c1-24(2,3)33-23(31)28-13-11-18(12-14-28)25-20-10-9-19-21(27-20)29(15-16-32-19)22(30)26-17-7-5-4-6-8-17/h4-10,18H,11-16H2,1-3H3,(H,25,27)(H,26,30). The number of hydrogen-bond donors (Lipinski definition) is 2. The Morgan fingerprint density at radius 1 is 1.06 bits per heavy atom. The number of pyridine rings is 1. The second kappa shape index (κ2) is 9.56. The molecule has 0 spiro atoms. The molecular weight excluding hydrogens is 422 g/mol. The van der Waals surface area contributed by atoms with E-state index >= 15 is 0 Å². The van der Waals surface area contributed by atoms with Gasteiger partial charge in [-0.15, -0.1) is 0 Å². The highest BCUT2D eigenvalue weighted by molar-refractivity contribution is 6.02. The van der Waals surface area contributed by atoms with E-state index in [2.05, 4.69) is 15.6 Å². The number of benzene rings is 1. The molecule has 0 radical (unpaired) electrons. The highest BCUT2D eigenvalue weighted by Gasteiger charge is 2.29. The van der Waals surface area contributed by atoms with E-state index in [1.165, 1.54) is 0 Å². The summed E-state index contributed by atoms with van der Waals surface area (Å²) in [6, 6.07) is 12.9. The van der Waals surface area contributed by atoms with E-state index in [1.54, 1.807) is 9.80 Å². The molecule has 1 fully saturated rings. The van der Waals surface area contributed by atoms with Crippen LogP contribution in [0.1, 0.15) is 33.6 Å². The summed E-state index contributed by atoms with van der Waals surface area (Å²) < 4.78 is 11.2. The predicted molar refractivity (Wildman–Crippen MR) is 127 cm³/mol. The van der Waals surface area contributed by atoms with Crippen LogP contribution in [0.25, 0.3) is 0 Å². The number of hydrogen-bond acceptors (Lipinski definition) is 6. The van der Waals surface area contributed by atoms with Gasteiger partial charge >= 0.3 is 12.1 Å². The highest BCUT2D eigenvalue weighted by atomic mass is 16.6.